The molecular weight excluding hydrogens is 266 g/mol. The molecule has 6 heteroatoms. The van der Waals surface area contributed by atoms with E-state index in [9.17, 15) is 13.2 Å². The summed E-state index contributed by atoms with van der Waals surface area (Å²) in [5.74, 6) is -1.44. The average molecular weight is 283 g/mol. The second kappa shape index (κ2) is 5.61. The monoisotopic (exact) mass is 283 g/mol. The number of anilines is 1. The van der Waals surface area contributed by atoms with Gasteiger partial charge in [-0.05, 0) is 30.9 Å². The van der Waals surface area contributed by atoms with Gasteiger partial charge in [0.25, 0.3) is 0 Å². The zero-order chi connectivity index (χ0) is 13.9. The van der Waals surface area contributed by atoms with Gasteiger partial charge in [0.15, 0.2) is 0 Å². The van der Waals surface area contributed by atoms with Gasteiger partial charge >= 0.3 is 5.97 Å². The molecule has 1 heterocycles. The standard InChI is InChI=1S/C13H17NO4S/c15-13(16)8-10-19(17,18)14-9-4-3-6-11-5-1-2-7-12(11)14/h1-2,5,7H,3-4,6,8-10H2,(H,15,16). The molecule has 0 atom stereocenters. The Bertz CT molecular complexity index is 568. The Hall–Kier alpha value is -1.56. The largest absolute Gasteiger partial charge is 0.481 e. The first-order valence-corrected chi connectivity index (χ1v) is 7.92. The summed E-state index contributed by atoms with van der Waals surface area (Å²) in [6.07, 6.45) is 2.24. The molecule has 1 aliphatic heterocycles. The molecule has 1 aromatic carbocycles. The first kappa shape index (κ1) is 13.9. The van der Waals surface area contributed by atoms with Gasteiger partial charge in [0.05, 0.1) is 17.9 Å². The number of aliphatic carboxylic acids is 1. The minimum Gasteiger partial charge on any atom is -0.481 e. The molecule has 0 saturated heterocycles. The van der Waals surface area contributed by atoms with Gasteiger partial charge in [-0.1, -0.05) is 18.2 Å². The summed E-state index contributed by atoms with van der Waals surface area (Å²) in [7, 11) is -3.56. The van der Waals surface area contributed by atoms with Crippen LogP contribution in [0.4, 0.5) is 5.69 Å². The van der Waals surface area contributed by atoms with Gasteiger partial charge < -0.3 is 5.11 Å². The number of benzene rings is 1. The third-order valence-corrected chi connectivity index (χ3v) is 5.00. The lowest BCUT2D eigenvalue weighted by Gasteiger charge is -2.24. The summed E-state index contributed by atoms with van der Waals surface area (Å²) >= 11 is 0. The molecule has 1 aromatic rings. The number of carboxylic acids is 1. The van der Waals surface area contributed by atoms with Crippen LogP contribution in [0.2, 0.25) is 0 Å². The zero-order valence-corrected chi connectivity index (χ0v) is 11.4. The highest BCUT2D eigenvalue weighted by atomic mass is 32.2. The van der Waals surface area contributed by atoms with E-state index in [-0.39, 0.29) is 12.2 Å². The van der Waals surface area contributed by atoms with Crippen molar-refractivity contribution >= 4 is 21.7 Å². The molecule has 1 N–H and O–H groups in total. The third kappa shape index (κ3) is 3.26. The highest BCUT2D eigenvalue weighted by Gasteiger charge is 2.26. The van der Waals surface area contributed by atoms with E-state index in [0.717, 1.165) is 24.8 Å². The molecule has 19 heavy (non-hydrogen) atoms. The predicted molar refractivity (Wildman–Crippen MR) is 72.8 cm³/mol. The van der Waals surface area contributed by atoms with Crippen LogP contribution in [0.5, 0.6) is 0 Å². The molecule has 5 nitrogen and oxygen atoms in total. The lowest BCUT2D eigenvalue weighted by molar-refractivity contribution is -0.136. The molecule has 0 radical (unpaired) electrons. The van der Waals surface area contributed by atoms with Crippen LogP contribution in [0.15, 0.2) is 24.3 Å². The van der Waals surface area contributed by atoms with Crippen LogP contribution in [-0.4, -0.2) is 31.8 Å². The maximum absolute atomic E-state index is 12.3. The highest BCUT2D eigenvalue weighted by molar-refractivity contribution is 7.92. The van der Waals surface area contributed by atoms with Crippen molar-refractivity contribution in [1.29, 1.82) is 0 Å². The van der Waals surface area contributed by atoms with Gasteiger partial charge in [0, 0.05) is 6.54 Å². The Kier molecular flexibility index (Phi) is 4.09. The number of para-hydroxylation sites is 1. The Morgan fingerprint density at radius 1 is 1.26 bits per heavy atom. The Balaban J connectivity index is 2.31. The van der Waals surface area contributed by atoms with Crippen molar-refractivity contribution in [3.63, 3.8) is 0 Å². The lowest BCUT2D eigenvalue weighted by Crippen LogP contribution is -2.34. The van der Waals surface area contributed by atoms with Crippen LogP contribution < -0.4 is 4.31 Å². The first-order valence-electron chi connectivity index (χ1n) is 6.31. The summed E-state index contributed by atoms with van der Waals surface area (Å²) in [6.45, 7) is 0.430. The van der Waals surface area contributed by atoms with Gasteiger partial charge in [0.2, 0.25) is 10.0 Å². The van der Waals surface area contributed by atoms with Crippen LogP contribution in [0, 0.1) is 0 Å². The van der Waals surface area contributed by atoms with E-state index in [2.05, 4.69) is 0 Å². The van der Waals surface area contributed by atoms with Crippen LogP contribution in [-0.2, 0) is 21.2 Å². The van der Waals surface area contributed by atoms with Gasteiger partial charge in [0.1, 0.15) is 0 Å². The second-order valence-corrected chi connectivity index (χ2v) is 6.63. The predicted octanol–water partition coefficient (Wildman–Crippen LogP) is 1.63. The third-order valence-electron chi connectivity index (χ3n) is 3.23. The van der Waals surface area contributed by atoms with Crippen molar-refractivity contribution < 1.29 is 18.3 Å². The van der Waals surface area contributed by atoms with E-state index < -0.39 is 16.0 Å². The molecule has 0 aliphatic carbocycles. The molecule has 0 aromatic heterocycles. The minimum absolute atomic E-state index is 0.351. The lowest BCUT2D eigenvalue weighted by atomic mass is 10.1. The molecule has 1 aliphatic rings. The molecule has 0 saturated carbocycles. The van der Waals surface area contributed by atoms with E-state index >= 15 is 0 Å². The summed E-state index contributed by atoms with van der Waals surface area (Å²) in [5.41, 5.74) is 1.71. The molecule has 2 rings (SSSR count). The van der Waals surface area contributed by atoms with Gasteiger partial charge in [-0.15, -0.1) is 0 Å². The fraction of sp³-hybridized carbons (Fsp3) is 0.462. The molecule has 0 amide bonds. The number of sulfonamides is 1. The number of rotatable bonds is 4. The molecule has 0 unspecified atom stereocenters. The quantitative estimate of drug-likeness (QED) is 0.911. The fourth-order valence-corrected chi connectivity index (χ4v) is 3.81. The number of aryl methyl sites for hydroxylation is 1. The summed E-state index contributed by atoms with van der Waals surface area (Å²) in [6, 6.07) is 7.43. The average Bonchev–Trinajstić information content (AvgIpc) is 2.59. The number of carbonyl (C=O) groups is 1. The van der Waals surface area contributed by atoms with E-state index in [1.54, 1.807) is 6.07 Å². The van der Waals surface area contributed by atoms with Gasteiger partial charge in [-0.2, -0.15) is 0 Å². The molecule has 0 bridgehead atoms. The number of hydrogen-bond donors (Lipinski definition) is 1. The summed E-state index contributed by atoms with van der Waals surface area (Å²) < 4.78 is 25.9. The Morgan fingerprint density at radius 3 is 2.74 bits per heavy atom. The van der Waals surface area contributed by atoms with E-state index in [4.69, 9.17) is 5.11 Å². The van der Waals surface area contributed by atoms with Crippen LogP contribution in [0.25, 0.3) is 0 Å². The maximum Gasteiger partial charge on any atom is 0.304 e. The van der Waals surface area contributed by atoms with Crippen molar-refractivity contribution in [2.75, 3.05) is 16.6 Å². The minimum atomic E-state index is -3.56. The number of nitrogens with zero attached hydrogens (tertiary/aromatic N) is 1. The molecule has 0 fully saturated rings. The smallest absolute Gasteiger partial charge is 0.304 e. The molecular formula is C13H17NO4S. The number of hydrogen-bond acceptors (Lipinski definition) is 3. The molecule has 104 valence electrons. The van der Waals surface area contributed by atoms with Crippen molar-refractivity contribution in [2.45, 2.75) is 25.7 Å². The first-order chi connectivity index (χ1) is 9.00. The van der Waals surface area contributed by atoms with Gasteiger partial charge in [-0.3, -0.25) is 9.10 Å². The number of fused-ring (bicyclic) bond motifs is 1. The van der Waals surface area contributed by atoms with Crippen molar-refractivity contribution in [1.82, 2.24) is 0 Å². The van der Waals surface area contributed by atoms with Gasteiger partial charge in [-0.25, -0.2) is 8.42 Å². The van der Waals surface area contributed by atoms with E-state index in [1.807, 2.05) is 18.2 Å². The Morgan fingerprint density at radius 2 is 2.00 bits per heavy atom. The number of carboxylic acid groups (broad SMARTS) is 1. The fourth-order valence-electron chi connectivity index (χ4n) is 2.27. The van der Waals surface area contributed by atoms with Crippen molar-refractivity contribution in [2.24, 2.45) is 0 Å². The second-order valence-electron chi connectivity index (χ2n) is 4.62. The van der Waals surface area contributed by atoms with Crippen LogP contribution >= 0.6 is 0 Å². The topological polar surface area (TPSA) is 74.7 Å². The Labute approximate surface area is 112 Å². The van der Waals surface area contributed by atoms with Crippen LogP contribution in [0.1, 0.15) is 24.8 Å². The van der Waals surface area contributed by atoms with Crippen LogP contribution in [0.3, 0.4) is 0 Å². The van der Waals surface area contributed by atoms with Crippen molar-refractivity contribution in [3.05, 3.63) is 29.8 Å². The zero-order valence-electron chi connectivity index (χ0n) is 10.6. The normalized spacial score (nSPS) is 15.7. The summed E-state index contributed by atoms with van der Waals surface area (Å²) in [5, 5.41) is 8.64. The van der Waals surface area contributed by atoms with Crippen molar-refractivity contribution in [3.8, 4) is 0 Å². The van der Waals surface area contributed by atoms with E-state index in [1.165, 1.54) is 4.31 Å². The van der Waals surface area contributed by atoms with E-state index in [0.29, 0.717) is 12.2 Å². The summed E-state index contributed by atoms with van der Waals surface area (Å²) in [4.78, 5) is 10.6. The maximum atomic E-state index is 12.3. The molecule has 0 spiro atoms. The highest BCUT2D eigenvalue weighted by Crippen LogP contribution is 2.28. The SMILES string of the molecule is O=C(O)CCS(=O)(=O)N1CCCCc2ccccc21.